The summed E-state index contributed by atoms with van der Waals surface area (Å²) in [6.45, 7) is 0. The van der Waals surface area contributed by atoms with E-state index in [9.17, 15) is 0 Å². The van der Waals surface area contributed by atoms with Gasteiger partial charge in [0.15, 0.2) is 5.82 Å². The Kier molecular flexibility index (Phi) is 2.94. The maximum Gasteiger partial charge on any atom is 0.191 e. The number of rotatable bonds is 3. The van der Waals surface area contributed by atoms with Crippen LogP contribution in [0.4, 0.5) is 0 Å². The summed E-state index contributed by atoms with van der Waals surface area (Å²) in [6, 6.07) is 7.29. The Bertz CT molecular complexity index is 411. The van der Waals surface area contributed by atoms with Gasteiger partial charge in [0.2, 0.25) is 0 Å². The predicted octanol–water partition coefficient (Wildman–Crippen LogP) is 1.10. The first-order valence-corrected chi connectivity index (χ1v) is 4.87. The number of tetrazole rings is 1. The lowest BCUT2D eigenvalue weighted by atomic mass is 10.1. The van der Waals surface area contributed by atoms with Crippen molar-refractivity contribution in [2.45, 2.75) is 12.5 Å². The molecule has 1 atom stereocenters. The van der Waals surface area contributed by atoms with Crippen molar-refractivity contribution in [3.8, 4) is 0 Å². The minimum Gasteiger partial charge on any atom is -0.321 e. The summed E-state index contributed by atoms with van der Waals surface area (Å²) >= 11 is 5.78. The summed E-state index contributed by atoms with van der Waals surface area (Å²) in [7, 11) is 0. The minimum absolute atomic E-state index is 0.245. The quantitative estimate of drug-likeness (QED) is 0.817. The van der Waals surface area contributed by atoms with Crippen LogP contribution in [-0.4, -0.2) is 20.6 Å². The van der Waals surface area contributed by atoms with Crippen LogP contribution in [0.5, 0.6) is 0 Å². The molecule has 6 heteroatoms. The van der Waals surface area contributed by atoms with Gasteiger partial charge in [-0.3, -0.25) is 0 Å². The molecule has 0 aliphatic rings. The van der Waals surface area contributed by atoms with Crippen molar-refractivity contribution >= 4 is 11.6 Å². The highest BCUT2D eigenvalue weighted by Gasteiger charge is 2.11. The number of aromatic amines is 1. The van der Waals surface area contributed by atoms with Crippen LogP contribution in [-0.2, 0) is 6.42 Å². The van der Waals surface area contributed by atoms with Crippen LogP contribution in [0.25, 0.3) is 0 Å². The molecule has 1 aromatic carbocycles. The molecule has 78 valence electrons. The molecule has 0 amide bonds. The zero-order chi connectivity index (χ0) is 10.7. The third kappa shape index (κ3) is 2.51. The number of nitrogens with two attached hydrogens (primary N) is 1. The lowest BCUT2D eigenvalue weighted by molar-refractivity contribution is 0.669. The van der Waals surface area contributed by atoms with Crippen LogP contribution < -0.4 is 5.73 Å². The van der Waals surface area contributed by atoms with Gasteiger partial charge in [-0.2, -0.15) is 5.21 Å². The minimum atomic E-state index is -0.245. The highest BCUT2D eigenvalue weighted by molar-refractivity contribution is 6.30. The number of hydrogen-bond acceptors (Lipinski definition) is 4. The number of halogens is 1. The molecular weight excluding hydrogens is 214 g/mol. The summed E-state index contributed by atoms with van der Waals surface area (Å²) < 4.78 is 0. The van der Waals surface area contributed by atoms with E-state index in [0.29, 0.717) is 17.3 Å². The Morgan fingerprint density at radius 1 is 1.33 bits per heavy atom. The smallest absolute Gasteiger partial charge is 0.191 e. The van der Waals surface area contributed by atoms with Crippen molar-refractivity contribution in [1.29, 1.82) is 0 Å². The standard InChI is InChI=1S/C9H10ClN5/c10-7-3-1-6(2-4-7)5-8(11)9-12-14-15-13-9/h1-4,8H,5,11H2,(H,12,13,14,15). The maximum atomic E-state index is 5.89. The summed E-state index contributed by atoms with van der Waals surface area (Å²) in [5.74, 6) is 0.518. The lowest BCUT2D eigenvalue weighted by Crippen LogP contribution is -2.15. The van der Waals surface area contributed by atoms with Crippen LogP contribution in [0, 0.1) is 0 Å². The Morgan fingerprint density at radius 3 is 2.67 bits per heavy atom. The van der Waals surface area contributed by atoms with Crippen molar-refractivity contribution in [3.05, 3.63) is 40.7 Å². The van der Waals surface area contributed by atoms with Gasteiger partial charge in [0.05, 0.1) is 6.04 Å². The van der Waals surface area contributed by atoms with Gasteiger partial charge >= 0.3 is 0 Å². The molecule has 1 aromatic heterocycles. The molecule has 5 nitrogen and oxygen atoms in total. The molecule has 2 rings (SSSR count). The molecule has 0 aliphatic carbocycles. The van der Waals surface area contributed by atoms with Gasteiger partial charge in [-0.25, -0.2) is 0 Å². The number of H-pyrrole nitrogens is 1. The molecule has 0 fully saturated rings. The van der Waals surface area contributed by atoms with Crippen LogP contribution in [0.2, 0.25) is 5.02 Å². The van der Waals surface area contributed by atoms with Crippen molar-refractivity contribution in [2.75, 3.05) is 0 Å². The van der Waals surface area contributed by atoms with Gasteiger partial charge in [-0.1, -0.05) is 28.9 Å². The molecule has 15 heavy (non-hydrogen) atoms. The SMILES string of the molecule is NC(Cc1ccc(Cl)cc1)c1nn[nH]n1. The second kappa shape index (κ2) is 4.37. The van der Waals surface area contributed by atoms with E-state index in [1.165, 1.54) is 0 Å². The monoisotopic (exact) mass is 223 g/mol. The normalized spacial score (nSPS) is 12.7. The molecule has 0 radical (unpaired) electrons. The van der Waals surface area contributed by atoms with E-state index in [1.807, 2.05) is 24.3 Å². The lowest BCUT2D eigenvalue weighted by Gasteiger charge is -2.06. The second-order valence-electron chi connectivity index (χ2n) is 3.21. The highest BCUT2D eigenvalue weighted by Crippen LogP contribution is 2.14. The highest BCUT2D eigenvalue weighted by atomic mass is 35.5. The molecular formula is C9H10ClN5. The third-order valence-corrected chi connectivity index (χ3v) is 2.31. The Balaban J connectivity index is 2.06. The summed E-state index contributed by atoms with van der Waals surface area (Å²) in [5.41, 5.74) is 6.99. The van der Waals surface area contributed by atoms with Gasteiger partial charge in [0.25, 0.3) is 0 Å². The molecule has 1 unspecified atom stereocenters. The fourth-order valence-electron chi connectivity index (χ4n) is 1.29. The van der Waals surface area contributed by atoms with E-state index in [-0.39, 0.29) is 6.04 Å². The van der Waals surface area contributed by atoms with E-state index in [2.05, 4.69) is 20.6 Å². The van der Waals surface area contributed by atoms with Crippen LogP contribution in [0.15, 0.2) is 24.3 Å². The number of nitrogens with zero attached hydrogens (tertiary/aromatic N) is 3. The van der Waals surface area contributed by atoms with Crippen LogP contribution in [0.1, 0.15) is 17.4 Å². The molecule has 0 saturated heterocycles. The van der Waals surface area contributed by atoms with Gasteiger partial charge in [0.1, 0.15) is 0 Å². The van der Waals surface area contributed by atoms with Gasteiger partial charge in [-0.15, -0.1) is 10.2 Å². The Hall–Kier alpha value is -1.46. The van der Waals surface area contributed by atoms with Gasteiger partial charge < -0.3 is 5.73 Å². The Morgan fingerprint density at radius 2 is 2.07 bits per heavy atom. The maximum absolute atomic E-state index is 5.89. The zero-order valence-electron chi connectivity index (χ0n) is 7.89. The van der Waals surface area contributed by atoms with E-state index in [1.54, 1.807) is 0 Å². The van der Waals surface area contributed by atoms with Gasteiger partial charge in [-0.05, 0) is 24.1 Å². The first-order chi connectivity index (χ1) is 7.25. The molecule has 0 aliphatic heterocycles. The largest absolute Gasteiger partial charge is 0.321 e. The number of nitrogens with one attached hydrogen (secondary N) is 1. The molecule has 2 aromatic rings. The van der Waals surface area contributed by atoms with Crippen molar-refractivity contribution in [1.82, 2.24) is 20.6 Å². The van der Waals surface area contributed by atoms with Crippen LogP contribution >= 0.6 is 11.6 Å². The van der Waals surface area contributed by atoms with E-state index >= 15 is 0 Å². The van der Waals surface area contributed by atoms with Crippen molar-refractivity contribution in [3.63, 3.8) is 0 Å². The van der Waals surface area contributed by atoms with Crippen LogP contribution in [0.3, 0.4) is 0 Å². The number of benzene rings is 1. The molecule has 3 N–H and O–H groups in total. The first-order valence-electron chi connectivity index (χ1n) is 4.49. The summed E-state index contributed by atoms with van der Waals surface area (Å²) in [4.78, 5) is 0. The zero-order valence-corrected chi connectivity index (χ0v) is 8.65. The fourth-order valence-corrected chi connectivity index (χ4v) is 1.42. The Labute approximate surface area is 91.6 Å². The average Bonchev–Trinajstić information content (AvgIpc) is 2.74. The molecule has 0 bridgehead atoms. The van der Waals surface area contributed by atoms with E-state index in [0.717, 1.165) is 5.56 Å². The van der Waals surface area contributed by atoms with Gasteiger partial charge in [0, 0.05) is 5.02 Å². The van der Waals surface area contributed by atoms with E-state index < -0.39 is 0 Å². The summed E-state index contributed by atoms with van der Waals surface area (Å²) in [5, 5.41) is 14.2. The number of aromatic nitrogens is 4. The van der Waals surface area contributed by atoms with E-state index in [4.69, 9.17) is 17.3 Å². The number of hydrogen-bond donors (Lipinski definition) is 2. The van der Waals surface area contributed by atoms with Crippen molar-refractivity contribution < 1.29 is 0 Å². The molecule has 0 saturated carbocycles. The fraction of sp³-hybridized carbons (Fsp3) is 0.222. The second-order valence-corrected chi connectivity index (χ2v) is 3.64. The topological polar surface area (TPSA) is 80.5 Å². The predicted molar refractivity (Wildman–Crippen MR) is 56.3 cm³/mol. The van der Waals surface area contributed by atoms with Crippen molar-refractivity contribution in [2.24, 2.45) is 5.73 Å². The first kappa shape index (κ1) is 10.1. The average molecular weight is 224 g/mol. The molecule has 1 heterocycles. The third-order valence-electron chi connectivity index (χ3n) is 2.06. The molecule has 0 spiro atoms. The summed E-state index contributed by atoms with van der Waals surface area (Å²) in [6.07, 6.45) is 0.663.